The number of amides is 3. The van der Waals surface area contributed by atoms with Gasteiger partial charge in [-0.3, -0.25) is 9.78 Å². The van der Waals surface area contributed by atoms with Crippen LogP contribution in [0.2, 0.25) is 0 Å². The normalized spacial score (nSPS) is 26.3. The van der Waals surface area contributed by atoms with Gasteiger partial charge in [0.05, 0.1) is 12.0 Å². The number of hydrogen-bond donors (Lipinski definition) is 1. The van der Waals surface area contributed by atoms with Crippen LogP contribution in [0.25, 0.3) is 0 Å². The van der Waals surface area contributed by atoms with Gasteiger partial charge in [-0.05, 0) is 37.3 Å². The minimum absolute atomic E-state index is 0.0182. The highest BCUT2D eigenvalue weighted by Gasteiger charge is 2.36. The Morgan fingerprint density at radius 2 is 1.89 bits per heavy atom. The molecule has 2 unspecified atom stereocenters. The number of aromatic nitrogens is 1. The summed E-state index contributed by atoms with van der Waals surface area (Å²) in [5.74, 6) is 0.0897. The van der Waals surface area contributed by atoms with Gasteiger partial charge in [0.25, 0.3) is 0 Å². The van der Waals surface area contributed by atoms with Crippen molar-refractivity contribution >= 4 is 11.9 Å². The second-order valence-electron chi connectivity index (χ2n) is 7.80. The number of rotatable bonds is 2. The molecular formula is C20H29N5O2. The zero-order chi connectivity index (χ0) is 18.6. The van der Waals surface area contributed by atoms with Gasteiger partial charge < -0.3 is 20.0 Å². The summed E-state index contributed by atoms with van der Waals surface area (Å²) in [5, 5.41) is 3.39. The Hall–Kier alpha value is -2.15. The van der Waals surface area contributed by atoms with Crippen molar-refractivity contribution in [1.82, 2.24) is 25.0 Å². The van der Waals surface area contributed by atoms with E-state index in [1.807, 2.05) is 33.0 Å². The molecule has 4 heterocycles. The van der Waals surface area contributed by atoms with E-state index in [2.05, 4.69) is 10.3 Å². The fraction of sp³-hybridized carbons (Fsp3) is 0.650. The minimum Gasteiger partial charge on any atom is -0.333 e. The average molecular weight is 371 g/mol. The van der Waals surface area contributed by atoms with E-state index in [9.17, 15) is 9.59 Å². The summed E-state index contributed by atoms with van der Waals surface area (Å²) in [6, 6.07) is 4.09. The van der Waals surface area contributed by atoms with Crippen molar-refractivity contribution in [3.63, 3.8) is 0 Å². The fourth-order valence-corrected chi connectivity index (χ4v) is 4.53. The number of piperazine rings is 1. The molecule has 0 aromatic carbocycles. The van der Waals surface area contributed by atoms with Gasteiger partial charge in [0.1, 0.15) is 0 Å². The van der Waals surface area contributed by atoms with Gasteiger partial charge in [-0.25, -0.2) is 4.79 Å². The molecule has 1 N–H and O–H groups in total. The molecule has 0 bridgehead atoms. The predicted octanol–water partition coefficient (Wildman–Crippen LogP) is 1.48. The van der Waals surface area contributed by atoms with Crippen molar-refractivity contribution in [2.75, 3.05) is 45.8 Å². The first-order valence-corrected chi connectivity index (χ1v) is 10.2. The third kappa shape index (κ3) is 3.93. The van der Waals surface area contributed by atoms with E-state index < -0.39 is 0 Å². The summed E-state index contributed by atoms with van der Waals surface area (Å²) in [6.45, 7) is 5.30. The zero-order valence-corrected chi connectivity index (χ0v) is 15.8. The molecule has 7 heteroatoms. The molecule has 1 aromatic heterocycles. The second-order valence-corrected chi connectivity index (χ2v) is 7.80. The highest BCUT2D eigenvalue weighted by atomic mass is 16.2. The van der Waals surface area contributed by atoms with Crippen LogP contribution in [0.1, 0.15) is 37.3 Å². The largest absolute Gasteiger partial charge is 0.333 e. The van der Waals surface area contributed by atoms with Crippen molar-refractivity contribution in [2.45, 2.75) is 31.7 Å². The lowest BCUT2D eigenvalue weighted by Gasteiger charge is -2.41. The smallest absolute Gasteiger partial charge is 0.320 e. The van der Waals surface area contributed by atoms with Crippen LogP contribution in [0.3, 0.4) is 0 Å². The molecule has 0 saturated carbocycles. The maximum atomic E-state index is 13.4. The van der Waals surface area contributed by atoms with E-state index in [0.717, 1.165) is 64.0 Å². The van der Waals surface area contributed by atoms with Crippen molar-refractivity contribution in [3.05, 3.63) is 30.1 Å². The van der Waals surface area contributed by atoms with Crippen molar-refractivity contribution in [3.8, 4) is 0 Å². The maximum Gasteiger partial charge on any atom is 0.320 e. The SMILES string of the molecule is O=C(N1CCCC1)N1CCCC(C(=O)N2CCNCC2c2cccnc2)C1. The molecule has 3 amide bonds. The summed E-state index contributed by atoms with van der Waals surface area (Å²) in [4.78, 5) is 36.2. The Morgan fingerprint density at radius 3 is 2.67 bits per heavy atom. The van der Waals surface area contributed by atoms with E-state index in [4.69, 9.17) is 0 Å². The molecule has 7 nitrogen and oxygen atoms in total. The Balaban J connectivity index is 1.45. The number of pyridine rings is 1. The number of urea groups is 1. The number of nitrogens with one attached hydrogen (secondary N) is 1. The van der Waals surface area contributed by atoms with E-state index >= 15 is 0 Å². The summed E-state index contributed by atoms with van der Waals surface area (Å²) in [5.41, 5.74) is 1.07. The van der Waals surface area contributed by atoms with Gasteiger partial charge in [-0.2, -0.15) is 0 Å². The molecule has 0 aliphatic carbocycles. The van der Waals surface area contributed by atoms with Crippen LogP contribution < -0.4 is 5.32 Å². The summed E-state index contributed by atoms with van der Waals surface area (Å²) in [7, 11) is 0. The van der Waals surface area contributed by atoms with Gasteiger partial charge in [0.2, 0.25) is 5.91 Å². The van der Waals surface area contributed by atoms with Gasteiger partial charge in [0, 0.05) is 58.2 Å². The average Bonchev–Trinajstić information content (AvgIpc) is 3.28. The standard InChI is InChI=1S/C20H29N5O2/c26-19(25-12-8-22-14-18(25)16-5-3-7-21-13-16)17-6-4-11-24(15-17)20(27)23-9-1-2-10-23/h3,5,7,13,17-18,22H,1-2,4,6,8-12,14-15H2. The first kappa shape index (κ1) is 18.2. The molecule has 0 radical (unpaired) electrons. The summed E-state index contributed by atoms with van der Waals surface area (Å²) < 4.78 is 0. The zero-order valence-electron chi connectivity index (χ0n) is 15.8. The van der Waals surface area contributed by atoms with Crippen LogP contribution in [-0.2, 0) is 4.79 Å². The fourth-order valence-electron chi connectivity index (χ4n) is 4.53. The highest BCUT2D eigenvalue weighted by molar-refractivity contribution is 5.81. The molecule has 3 aliphatic heterocycles. The Labute approximate surface area is 160 Å². The second kappa shape index (κ2) is 8.25. The van der Waals surface area contributed by atoms with Crippen LogP contribution in [-0.4, -0.2) is 77.4 Å². The maximum absolute atomic E-state index is 13.4. The molecule has 3 saturated heterocycles. The van der Waals surface area contributed by atoms with Gasteiger partial charge in [-0.1, -0.05) is 6.07 Å². The lowest BCUT2D eigenvalue weighted by molar-refractivity contribution is -0.140. The summed E-state index contributed by atoms with van der Waals surface area (Å²) in [6.07, 6.45) is 7.56. The van der Waals surface area contributed by atoms with E-state index in [1.54, 1.807) is 6.20 Å². The predicted molar refractivity (Wildman–Crippen MR) is 102 cm³/mol. The lowest BCUT2D eigenvalue weighted by atomic mass is 9.94. The lowest BCUT2D eigenvalue weighted by Crippen LogP contribution is -2.54. The third-order valence-electron chi connectivity index (χ3n) is 6.01. The monoisotopic (exact) mass is 371 g/mol. The van der Waals surface area contributed by atoms with Gasteiger partial charge in [0.15, 0.2) is 0 Å². The van der Waals surface area contributed by atoms with Crippen molar-refractivity contribution in [2.24, 2.45) is 5.92 Å². The molecule has 1 aromatic rings. The quantitative estimate of drug-likeness (QED) is 0.855. The highest BCUT2D eigenvalue weighted by Crippen LogP contribution is 2.27. The third-order valence-corrected chi connectivity index (χ3v) is 6.01. The topological polar surface area (TPSA) is 68.8 Å². The number of carbonyl (C=O) groups is 2. The number of likely N-dealkylation sites (tertiary alicyclic amines) is 2. The number of piperidine rings is 1. The molecular weight excluding hydrogens is 342 g/mol. The van der Waals surface area contributed by atoms with Crippen molar-refractivity contribution < 1.29 is 9.59 Å². The number of carbonyl (C=O) groups excluding carboxylic acids is 2. The molecule has 146 valence electrons. The van der Waals surface area contributed by atoms with Crippen LogP contribution in [0.15, 0.2) is 24.5 Å². The minimum atomic E-state index is -0.0948. The molecule has 4 rings (SSSR count). The first-order chi connectivity index (χ1) is 13.2. The molecule has 27 heavy (non-hydrogen) atoms. The van der Waals surface area contributed by atoms with E-state index in [1.165, 1.54) is 0 Å². The molecule has 2 atom stereocenters. The van der Waals surface area contributed by atoms with Crippen LogP contribution in [0.5, 0.6) is 0 Å². The van der Waals surface area contributed by atoms with E-state index in [0.29, 0.717) is 13.1 Å². The van der Waals surface area contributed by atoms with Crippen LogP contribution in [0.4, 0.5) is 4.79 Å². The molecule has 3 fully saturated rings. The van der Waals surface area contributed by atoms with Crippen molar-refractivity contribution in [1.29, 1.82) is 0 Å². The molecule has 0 spiro atoms. The first-order valence-electron chi connectivity index (χ1n) is 10.2. The Morgan fingerprint density at radius 1 is 1.07 bits per heavy atom. The van der Waals surface area contributed by atoms with Crippen LogP contribution >= 0.6 is 0 Å². The van der Waals surface area contributed by atoms with E-state index in [-0.39, 0.29) is 23.9 Å². The molecule has 3 aliphatic rings. The number of hydrogen-bond acceptors (Lipinski definition) is 4. The van der Waals surface area contributed by atoms with Crippen LogP contribution in [0, 0.1) is 5.92 Å². The van der Waals surface area contributed by atoms with Gasteiger partial charge in [-0.15, -0.1) is 0 Å². The van der Waals surface area contributed by atoms with Gasteiger partial charge >= 0.3 is 6.03 Å². The number of nitrogens with zero attached hydrogens (tertiary/aromatic N) is 4. The Bertz CT molecular complexity index is 662. The summed E-state index contributed by atoms with van der Waals surface area (Å²) >= 11 is 0. The Kier molecular flexibility index (Phi) is 5.57.